The Morgan fingerprint density at radius 2 is 2.55 bits per heavy atom. The van der Waals surface area contributed by atoms with Crippen LogP contribution in [0.25, 0.3) is 0 Å². The Kier molecular flexibility index (Phi) is 3.24. The van der Waals surface area contributed by atoms with Gasteiger partial charge in [-0.2, -0.15) is 0 Å². The Bertz CT molecular complexity index is 231. The summed E-state index contributed by atoms with van der Waals surface area (Å²) in [5.41, 5.74) is 2.60. The van der Waals surface area contributed by atoms with Crippen LogP contribution >= 0.6 is 11.8 Å². The first-order chi connectivity index (χ1) is 5.33. The second kappa shape index (κ2) is 4.24. The summed E-state index contributed by atoms with van der Waals surface area (Å²) in [5.74, 6) is 1.11. The van der Waals surface area contributed by atoms with Gasteiger partial charge in [0.2, 0.25) is 0 Å². The summed E-state index contributed by atoms with van der Waals surface area (Å²) in [5, 5.41) is 2.13. The molecule has 58 valence electrons. The van der Waals surface area contributed by atoms with E-state index in [9.17, 15) is 0 Å². The Balaban J connectivity index is 2.58. The summed E-state index contributed by atoms with van der Waals surface area (Å²) >= 11 is 1.84. The molecule has 0 fully saturated rings. The van der Waals surface area contributed by atoms with Crippen molar-refractivity contribution in [2.45, 2.75) is 6.92 Å². The molecule has 0 aromatic heterocycles. The number of thioether (sulfide) groups is 1. The second-order valence-corrected chi connectivity index (χ2v) is 3.36. The molecule has 0 bridgehead atoms. The zero-order chi connectivity index (χ0) is 8.10. The molecule has 1 aliphatic heterocycles. The summed E-state index contributed by atoms with van der Waals surface area (Å²) in [7, 11) is 0. The van der Waals surface area contributed by atoms with Gasteiger partial charge in [0, 0.05) is 5.75 Å². The maximum atomic E-state index is 3.69. The lowest BCUT2D eigenvalue weighted by molar-refractivity contribution is 1.50. The normalized spacial score (nSPS) is 21.2. The lowest BCUT2D eigenvalue weighted by Gasteiger charge is -1.89. The highest BCUT2D eigenvalue weighted by atomic mass is 32.2. The smallest absolute Gasteiger partial charge is 0.0226 e. The van der Waals surface area contributed by atoms with Gasteiger partial charge in [0.25, 0.3) is 0 Å². The lowest BCUT2D eigenvalue weighted by atomic mass is 10.2. The zero-order valence-corrected chi connectivity index (χ0v) is 7.53. The highest BCUT2D eigenvalue weighted by molar-refractivity contribution is 8.02. The van der Waals surface area contributed by atoms with Gasteiger partial charge in [-0.15, -0.1) is 11.8 Å². The molecular formula is C10H12S. The molecule has 1 rings (SSSR count). The van der Waals surface area contributed by atoms with Crippen LogP contribution in [0.4, 0.5) is 0 Å². The van der Waals surface area contributed by atoms with Crippen molar-refractivity contribution in [3.63, 3.8) is 0 Å². The fourth-order valence-electron chi connectivity index (χ4n) is 0.738. The first kappa shape index (κ1) is 8.41. The molecule has 0 amide bonds. The number of hydrogen-bond acceptors (Lipinski definition) is 1. The Morgan fingerprint density at radius 1 is 1.73 bits per heavy atom. The van der Waals surface area contributed by atoms with Crippen molar-refractivity contribution in [3.05, 3.63) is 47.4 Å². The van der Waals surface area contributed by atoms with Crippen LogP contribution in [0.5, 0.6) is 0 Å². The van der Waals surface area contributed by atoms with E-state index < -0.39 is 0 Å². The van der Waals surface area contributed by atoms with Crippen LogP contribution in [0.15, 0.2) is 47.4 Å². The molecule has 0 atom stereocenters. The minimum atomic E-state index is 1.11. The van der Waals surface area contributed by atoms with Crippen molar-refractivity contribution < 1.29 is 0 Å². The van der Waals surface area contributed by atoms with Crippen molar-refractivity contribution in [1.82, 2.24) is 0 Å². The average Bonchev–Trinajstić information content (AvgIpc) is 2.52. The minimum Gasteiger partial charge on any atom is -0.129 e. The topological polar surface area (TPSA) is 0 Å². The number of rotatable bonds is 2. The Morgan fingerprint density at radius 3 is 3.09 bits per heavy atom. The van der Waals surface area contributed by atoms with E-state index in [0.717, 1.165) is 5.75 Å². The van der Waals surface area contributed by atoms with Gasteiger partial charge in [-0.1, -0.05) is 36.5 Å². The Hall–Kier alpha value is -0.690. The van der Waals surface area contributed by atoms with Gasteiger partial charge in [0.1, 0.15) is 0 Å². The first-order valence-electron chi connectivity index (χ1n) is 3.61. The third kappa shape index (κ3) is 2.81. The predicted molar refractivity (Wildman–Crippen MR) is 53.6 cm³/mol. The van der Waals surface area contributed by atoms with Gasteiger partial charge >= 0.3 is 0 Å². The van der Waals surface area contributed by atoms with Crippen LogP contribution < -0.4 is 0 Å². The SMILES string of the molecule is C=C/C(C)=C\C=C1\C=CSC1. The predicted octanol–water partition coefficient (Wildman–Crippen LogP) is 3.31. The molecule has 0 aromatic rings. The molecular weight excluding hydrogens is 152 g/mol. The van der Waals surface area contributed by atoms with Crippen molar-refractivity contribution >= 4 is 11.8 Å². The molecule has 0 saturated carbocycles. The van der Waals surface area contributed by atoms with Gasteiger partial charge in [-0.3, -0.25) is 0 Å². The van der Waals surface area contributed by atoms with E-state index in [1.54, 1.807) is 0 Å². The molecule has 0 unspecified atom stereocenters. The highest BCUT2D eigenvalue weighted by Gasteiger charge is 1.96. The van der Waals surface area contributed by atoms with Gasteiger partial charge in [0.05, 0.1) is 0 Å². The molecule has 0 nitrogen and oxygen atoms in total. The molecule has 0 N–H and O–H groups in total. The third-order valence-corrected chi connectivity index (χ3v) is 2.34. The molecule has 11 heavy (non-hydrogen) atoms. The summed E-state index contributed by atoms with van der Waals surface area (Å²) in [6.45, 7) is 5.74. The first-order valence-corrected chi connectivity index (χ1v) is 4.66. The van der Waals surface area contributed by atoms with Crippen molar-refractivity contribution in [1.29, 1.82) is 0 Å². The summed E-state index contributed by atoms with van der Waals surface area (Å²) in [6, 6.07) is 0. The van der Waals surface area contributed by atoms with Gasteiger partial charge in [-0.05, 0) is 17.9 Å². The molecule has 0 aliphatic carbocycles. The molecule has 0 spiro atoms. The molecule has 0 aromatic carbocycles. The zero-order valence-electron chi connectivity index (χ0n) is 6.71. The highest BCUT2D eigenvalue weighted by Crippen LogP contribution is 2.19. The largest absolute Gasteiger partial charge is 0.129 e. The third-order valence-electron chi connectivity index (χ3n) is 1.51. The van der Waals surface area contributed by atoms with Crippen molar-refractivity contribution in [2.24, 2.45) is 0 Å². The van der Waals surface area contributed by atoms with E-state index in [0.29, 0.717) is 0 Å². The molecule has 1 heteroatoms. The fraction of sp³-hybridized carbons (Fsp3) is 0.200. The van der Waals surface area contributed by atoms with E-state index >= 15 is 0 Å². The van der Waals surface area contributed by atoms with Gasteiger partial charge in [-0.25, -0.2) is 0 Å². The summed E-state index contributed by atoms with van der Waals surface area (Å²) < 4.78 is 0. The van der Waals surface area contributed by atoms with Gasteiger partial charge in [0.15, 0.2) is 0 Å². The van der Waals surface area contributed by atoms with Crippen LogP contribution in [-0.4, -0.2) is 5.75 Å². The van der Waals surface area contributed by atoms with Crippen LogP contribution in [0, 0.1) is 0 Å². The number of allylic oxidation sites excluding steroid dienone is 5. The lowest BCUT2D eigenvalue weighted by Crippen LogP contribution is -1.74. The maximum Gasteiger partial charge on any atom is 0.0226 e. The fourth-order valence-corrected chi connectivity index (χ4v) is 1.49. The maximum absolute atomic E-state index is 3.69. The van der Waals surface area contributed by atoms with E-state index in [4.69, 9.17) is 0 Å². The van der Waals surface area contributed by atoms with Crippen molar-refractivity contribution in [2.75, 3.05) is 5.75 Å². The second-order valence-electron chi connectivity index (χ2n) is 2.47. The van der Waals surface area contributed by atoms with Crippen LogP contribution in [-0.2, 0) is 0 Å². The van der Waals surface area contributed by atoms with Crippen LogP contribution in [0.2, 0.25) is 0 Å². The van der Waals surface area contributed by atoms with Crippen LogP contribution in [0.3, 0.4) is 0 Å². The van der Waals surface area contributed by atoms with Gasteiger partial charge < -0.3 is 0 Å². The molecule has 0 radical (unpaired) electrons. The summed E-state index contributed by atoms with van der Waals surface area (Å²) in [6.07, 6.45) is 8.26. The average molecular weight is 164 g/mol. The molecule has 1 heterocycles. The van der Waals surface area contributed by atoms with Crippen molar-refractivity contribution in [3.8, 4) is 0 Å². The number of hydrogen-bond donors (Lipinski definition) is 0. The minimum absolute atomic E-state index is 1.11. The Labute approximate surface area is 72.4 Å². The molecule has 1 aliphatic rings. The van der Waals surface area contributed by atoms with E-state index in [2.05, 4.69) is 37.1 Å². The summed E-state index contributed by atoms with van der Waals surface area (Å²) in [4.78, 5) is 0. The monoisotopic (exact) mass is 164 g/mol. The van der Waals surface area contributed by atoms with E-state index in [1.165, 1.54) is 11.1 Å². The quantitative estimate of drug-likeness (QED) is 0.564. The molecule has 0 saturated heterocycles. The van der Waals surface area contributed by atoms with E-state index in [1.807, 2.05) is 17.8 Å². The van der Waals surface area contributed by atoms with Crippen LogP contribution in [0.1, 0.15) is 6.92 Å². The standard InChI is InChI=1S/C10H12S/c1-3-9(2)4-5-10-6-7-11-8-10/h3-7H,1,8H2,2H3/b9-4-,10-5-. The van der Waals surface area contributed by atoms with E-state index in [-0.39, 0.29) is 0 Å².